The predicted molar refractivity (Wildman–Crippen MR) is 82.0 cm³/mol. The van der Waals surface area contributed by atoms with Crippen molar-refractivity contribution in [3.8, 4) is 0 Å². The van der Waals surface area contributed by atoms with Gasteiger partial charge in [0, 0.05) is 17.9 Å². The number of hydrogen-bond acceptors (Lipinski definition) is 3. The summed E-state index contributed by atoms with van der Waals surface area (Å²) in [5.41, 5.74) is 7.14. The Balaban J connectivity index is 1.85. The third kappa shape index (κ3) is 3.65. The molecule has 0 unspecified atom stereocenters. The van der Waals surface area contributed by atoms with Gasteiger partial charge < -0.3 is 16.2 Å². The van der Waals surface area contributed by atoms with Crippen LogP contribution in [0.15, 0.2) is 18.2 Å². The molecule has 1 aliphatic rings. The van der Waals surface area contributed by atoms with Crippen LogP contribution >= 0.6 is 0 Å². The summed E-state index contributed by atoms with van der Waals surface area (Å²) in [6.45, 7) is 3.22. The molecule has 0 spiro atoms. The van der Waals surface area contributed by atoms with Gasteiger partial charge in [-0.05, 0) is 42.9 Å². The molecule has 1 aliphatic carbocycles. The second-order valence-electron chi connectivity index (χ2n) is 5.78. The zero-order valence-corrected chi connectivity index (χ0v) is 12.1. The first kappa shape index (κ1) is 14.7. The van der Waals surface area contributed by atoms with E-state index in [1.54, 1.807) is 18.2 Å². The number of benzene rings is 1. The summed E-state index contributed by atoms with van der Waals surface area (Å²) < 4.78 is 0. The molecule has 4 nitrogen and oxygen atoms in total. The van der Waals surface area contributed by atoms with E-state index in [0.29, 0.717) is 5.69 Å². The van der Waals surface area contributed by atoms with E-state index in [1.807, 2.05) is 0 Å². The summed E-state index contributed by atoms with van der Waals surface area (Å²) >= 11 is 0. The van der Waals surface area contributed by atoms with Crippen LogP contribution in [0.3, 0.4) is 0 Å². The number of anilines is 2. The maximum Gasteiger partial charge on any atom is 0.337 e. The Morgan fingerprint density at radius 3 is 2.50 bits per heavy atom. The van der Waals surface area contributed by atoms with E-state index in [-0.39, 0.29) is 5.56 Å². The lowest BCUT2D eigenvalue weighted by Gasteiger charge is -2.28. The molecule has 2 rings (SSSR count). The van der Waals surface area contributed by atoms with Crippen LogP contribution in [-0.4, -0.2) is 17.6 Å². The minimum Gasteiger partial charge on any atom is -0.478 e. The van der Waals surface area contributed by atoms with Gasteiger partial charge in [0.25, 0.3) is 0 Å². The van der Waals surface area contributed by atoms with Crippen molar-refractivity contribution >= 4 is 17.3 Å². The van der Waals surface area contributed by atoms with Crippen molar-refractivity contribution in [2.45, 2.75) is 39.0 Å². The minimum absolute atomic E-state index is 0.166. The van der Waals surface area contributed by atoms with Gasteiger partial charge in [-0.25, -0.2) is 4.79 Å². The van der Waals surface area contributed by atoms with E-state index in [1.165, 1.54) is 32.1 Å². The van der Waals surface area contributed by atoms with E-state index in [9.17, 15) is 4.79 Å². The van der Waals surface area contributed by atoms with Crippen molar-refractivity contribution in [3.05, 3.63) is 23.8 Å². The highest BCUT2D eigenvalue weighted by Gasteiger charge is 2.19. The first-order valence-electron chi connectivity index (χ1n) is 7.46. The van der Waals surface area contributed by atoms with Crippen LogP contribution < -0.4 is 11.1 Å². The molecule has 1 fully saturated rings. The van der Waals surface area contributed by atoms with Crippen LogP contribution in [0.5, 0.6) is 0 Å². The summed E-state index contributed by atoms with van der Waals surface area (Å²) in [5.74, 6) is 0.654. The highest BCUT2D eigenvalue weighted by atomic mass is 16.4. The highest BCUT2D eigenvalue weighted by Crippen LogP contribution is 2.30. The summed E-state index contributed by atoms with van der Waals surface area (Å²) in [5, 5.41) is 12.3. The quantitative estimate of drug-likeness (QED) is 0.718. The molecule has 0 amide bonds. The summed E-state index contributed by atoms with van der Waals surface area (Å²) in [7, 11) is 0. The second-order valence-corrected chi connectivity index (χ2v) is 5.78. The maximum absolute atomic E-state index is 10.9. The topological polar surface area (TPSA) is 75.3 Å². The fourth-order valence-electron chi connectivity index (χ4n) is 2.97. The second kappa shape index (κ2) is 6.64. The van der Waals surface area contributed by atoms with Gasteiger partial charge in [-0.1, -0.05) is 26.2 Å². The third-order valence-electron chi connectivity index (χ3n) is 4.42. The Morgan fingerprint density at radius 1 is 1.30 bits per heavy atom. The Bertz CT molecular complexity index is 466. The van der Waals surface area contributed by atoms with Gasteiger partial charge in [0.1, 0.15) is 0 Å². The number of rotatable bonds is 5. The SMILES string of the molecule is CCC1CCC(CNc2ccc(C(=O)O)c(N)c2)CC1. The molecule has 4 heteroatoms. The predicted octanol–water partition coefficient (Wildman–Crippen LogP) is 3.60. The smallest absolute Gasteiger partial charge is 0.337 e. The van der Waals surface area contributed by atoms with Gasteiger partial charge in [-0.3, -0.25) is 0 Å². The summed E-state index contributed by atoms with van der Waals surface area (Å²) in [4.78, 5) is 10.9. The molecule has 110 valence electrons. The zero-order valence-electron chi connectivity index (χ0n) is 12.1. The molecule has 0 aromatic heterocycles. The van der Waals surface area contributed by atoms with Crippen molar-refractivity contribution in [1.29, 1.82) is 0 Å². The number of hydrogen-bond donors (Lipinski definition) is 3. The van der Waals surface area contributed by atoms with Crippen LogP contribution in [0.2, 0.25) is 0 Å². The summed E-state index contributed by atoms with van der Waals surface area (Å²) in [6.07, 6.45) is 6.54. The minimum atomic E-state index is -0.980. The molecule has 0 radical (unpaired) electrons. The molecular formula is C16H24N2O2. The van der Waals surface area contributed by atoms with Gasteiger partial charge in [0.15, 0.2) is 0 Å². The molecule has 4 N–H and O–H groups in total. The number of carbonyl (C=O) groups is 1. The van der Waals surface area contributed by atoms with Crippen molar-refractivity contribution in [3.63, 3.8) is 0 Å². The lowest BCUT2D eigenvalue weighted by atomic mass is 9.81. The molecule has 20 heavy (non-hydrogen) atoms. The van der Waals surface area contributed by atoms with Crippen molar-refractivity contribution in [2.24, 2.45) is 11.8 Å². The highest BCUT2D eigenvalue weighted by molar-refractivity contribution is 5.94. The van der Waals surface area contributed by atoms with E-state index < -0.39 is 5.97 Å². The molecule has 0 bridgehead atoms. The fraction of sp³-hybridized carbons (Fsp3) is 0.562. The lowest BCUT2D eigenvalue weighted by molar-refractivity contribution is 0.0698. The molecule has 1 saturated carbocycles. The number of aromatic carboxylic acids is 1. The van der Waals surface area contributed by atoms with Crippen molar-refractivity contribution in [2.75, 3.05) is 17.6 Å². The van der Waals surface area contributed by atoms with Gasteiger partial charge in [-0.15, -0.1) is 0 Å². The van der Waals surface area contributed by atoms with Crippen LogP contribution in [0, 0.1) is 11.8 Å². The number of carboxylic acid groups (broad SMARTS) is 1. The Labute approximate surface area is 120 Å². The zero-order chi connectivity index (χ0) is 14.5. The summed E-state index contributed by atoms with van der Waals surface area (Å²) in [6, 6.07) is 5.06. The Kier molecular flexibility index (Phi) is 4.88. The molecule has 0 aliphatic heterocycles. The number of nitrogen functional groups attached to an aromatic ring is 1. The first-order chi connectivity index (χ1) is 9.60. The molecule has 0 atom stereocenters. The molecule has 1 aromatic rings. The third-order valence-corrected chi connectivity index (χ3v) is 4.42. The number of nitrogens with one attached hydrogen (secondary N) is 1. The van der Waals surface area contributed by atoms with Crippen LogP contribution in [-0.2, 0) is 0 Å². The molecule has 0 heterocycles. The lowest BCUT2D eigenvalue weighted by Crippen LogP contribution is -2.21. The maximum atomic E-state index is 10.9. The fourth-order valence-corrected chi connectivity index (χ4v) is 2.97. The van der Waals surface area contributed by atoms with E-state index in [2.05, 4.69) is 12.2 Å². The van der Waals surface area contributed by atoms with Crippen LogP contribution in [0.25, 0.3) is 0 Å². The average Bonchev–Trinajstić information content (AvgIpc) is 2.45. The molecule has 0 saturated heterocycles. The largest absolute Gasteiger partial charge is 0.478 e. The van der Waals surface area contributed by atoms with Crippen LogP contribution in [0.4, 0.5) is 11.4 Å². The van der Waals surface area contributed by atoms with E-state index >= 15 is 0 Å². The van der Waals surface area contributed by atoms with Gasteiger partial charge >= 0.3 is 5.97 Å². The number of nitrogens with two attached hydrogens (primary N) is 1. The van der Waals surface area contributed by atoms with E-state index in [4.69, 9.17) is 10.8 Å². The van der Waals surface area contributed by atoms with Crippen molar-refractivity contribution < 1.29 is 9.90 Å². The Hall–Kier alpha value is -1.71. The van der Waals surface area contributed by atoms with E-state index in [0.717, 1.165) is 24.1 Å². The normalized spacial score (nSPS) is 22.4. The average molecular weight is 276 g/mol. The van der Waals surface area contributed by atoms with Gasteiger partial charge in [0.05, 0.1) is 5.56 Å². The van der Waals surface area contributed by atoms with Gasteiger partial charge in [0.2, 0.25) is 0 Å². The van der Waals surface area contributed by atoms with Gasteiger partial charge in [-0.2, -0.15) is 0 Å². The first-order valence-corrected chi connectivity index (χ1v) is 7.46. The monoisotopic (exact) mass is 276 g/mol. The van der Waals surface area contributed by atoms with Crippen LogP contribution in [0.1, 0.15) is 49.4 Å². The molecule has 1 aromatic carbocycles. The Morgan fingerprint density at radius 2 is 1.95 bits per heavy atom. The number of carboxylic acids is 1. The van der Waals surface area contributed by atoms with Crippen molar-refractivity contribution in [1.82, 2.24) is 0 Å². The standard InChI is InChI=1S/C16H24N2O2/c1-2-11-3-5-12(6-4-11)10-18-13-7-8-14(16(19)20)15(17)9-13/h7-9,11-12,18H,2-6,10,17H2,1H3,(H,19,20). The molecular weight excluding hydrogens is 252 g/mol.